The van der Waals surface area contributed by atoms with Crippen molar-refractivity contribution in [2.75, 3.05) is 6.54 Å². The van der Waals surface area contributed by atoms with Crippen molar-refractivity contribution in [3.05, 3.63) is 59.2 Å². The standard InChI is InChI=1S/C19H19BrN4O/c1-12(2)24-18-16(11-22-24)15(19(25)21-10-13(3)20)9-17(23-18)14-7-5-4-6-8-14/h4-9,11-12H,3,10H2,1-2H3,(H,21,25). The fraction of sp³-hybridized carbons (Fsp3) is 0.211. The summed E-state index contributed by atoms with van der Waals surface area (Å²) < 4.78 is 2.55. The third-order valence-electron chi connectivity index (χ3n) is 3.81. The molecule has 0 bridgehead atoms. The van der Waals surface area contributed by atoms with Crippen LogP contribution in [0.4, 0.5) is 0 Å². The first-order valence-electron chi connectivity index (χ1n) is 8.02. The number of halogens is 1. The normalized spacial score (nSPS) is 11.0. The minimum Gasteiger partial charge on any atom is -0.347 e. The molecule has 0 spiro atoms. The molecule has 0 saturated heterocycles. The summed E-state index contributed by atoms with van der Waals surface area (Å²) in [7, 11) is 0. The Kier molecular flexibility index (Phi) is 4.99. The summed E-state index contributed by atoms with van der Waals surface area (Å²) in [5.41, 5.74) is 2.97. The molecule has 1 amide bonds. The molecule has 0 aliphatic heterocycles. The van der Waals surface area contributed by atoms with E-state index in [1.54, 1.807) is 6.20 Å². The van der Waals surface area contributed by atoms with Crippen LogP contribution in [0, 0.1) is 0 Å². The van der Waals surface area contributed by atoms with Crippen LogP contribution in [-0.2, 0) is 0 Å². The van der Waals surface area contributed by atoms with Gasteiger partial charge in [0.2, 0.25) is 0 Å². The van der Waals surface area contributed by atoms with Crippen molar-refractivity contribution in [3.8, 4) is 11.3 Å². The second-order valence-corrected chi connectivity index (χ2v) is 7.16. The molecule has 0 radical (unpaired) electrons. The molecule has 25 heavy (non-hydrogen) atoms. The van der Waals surface area contributed by atoms with Gasteiger partial charge in [-0.25, -0.2) is 9.67 Å². The molecule has 0 atom stereocenters. The Morgan fingerprint density at radius 3 is 2.68 bits per heavy atom. The number of hydrogen-bond donors (Lipinski definition) is 1. The third kappa shape index (κ3) is 3.64. The summed E-state index contributed by atoms with van der Waals surface area (Å²) in [6.45, 7) is 8.19. The molecular formula is C19H19BrN4O. The molecule has 1 N–H and O–H groups in total. The number of rotatable bonds is 5. The minimum atomic E-state index is -0.173. The smallest absolute Gasteiger partial charge is 0.252 e. The number of fused-ring (bicyclic) bond motifs is 1. The maximum Gasteiger partial charge on any atom is 0.252 e. The van der Waals surface area contributed by atoms with Gasteiger partial charge in [0.15, 0.2) is 5.65 Å². The Hall–Kier alpha value is -2.47. The molecule has 2 heterocycles. The summed E-state index contributed by atoms with van der Waals surface area (Å²) >= 11 is 3.26. The molecule has 2 aromatic heterocycles. The minimum absolute atomic E-state index is 0.147. The molecule has 3 rings (SSSR count). The Balaban J connectivity index is 2.17. The SMILES string of the molecule is C=C(Br)CNC(=O)c1cc(-c2ccccc2)nc2c1cnn2C(C)C. The fourth-order valence-corrected chi connectivity index (χ4v) is 2.75. The number of carbonyl (C=O) groups excluding carboxylic acids is 1. The zero-order valence-corrected chi connectivity index (χ0v) is 15.7. The largest absolute Gasteiger partial charge is 0.347 e. The van der Waals surface area contributed by atoms with Gasteiger partial charge >= 0.3 is 0 Å². The number of nitrogens with zero attached hydrogens (tertiary/aromatic N) is 3. The van der Waals surface area contributed by atoms with Gasteiger partial charge in [0.05, 0.1) is 22.8 Å². The van der Waals surface area contributed by atoms with Gasteiger partial charge < -0.3 is 5.32 Å². The van der Waals surface area contributed by atoms with E-state index in [-0.39, 0.29) is 11.9 Å². The Bertz CT molecular complexity index is 931. The van der Waals surface area contributed by atoms with Crippen molar-refractivity contribution in [2.24, 2.45) is 0 Å². The van der Waals surface area contributed by atoms with Gasteiger partial charge in [-0.1, -0.05) is 52.8 Å². The Morgan fingerprint density at radius 1 is 1.32 bits per heavy atom. The lowest BCUT2D eigenvalue weighted by Gasteiger charge is -2.11. The van der Waals surface area contributed by atoms with Crippen LogP contribution in [0.5, 0.6) is 0 Å². The van der Waals surface area contributed by atoms with Gasteiger partial charge in [-0.3, -0.25) is 4.79 Å². The molecule has 1 aromatic carbocycles. The maximum atomic E-state index is 12.7. The number of carbonyl (C=O) groups is 1. The molecule has 0 aliphatic rings. The van der Waals surface area contributed by atoms with Crippen LogP contribution < -0.4 is 5.32 Å². The molecule has 0 saturated carbocycles. The quantitative estimate of drug-likeness (QED) is 0.695. The molecule has 128 valence electrons. The average Bonchev–Trinajstić information content (AvgIpc) is 3.03. The van der Waals surface area contributed by atoms with Gasteiger partial charge in [-0.2, -0.15) is 5.10 Å². The van der Waals surface area contributed by atoms with Crippen LogP contribution in [0.2, 0.25) is 0 Å². The summed E-state index contributed by atoms with van der Waals surface area (Å²) in [5, 5.41) is 8.01. The van der Waals surface area contributed by atoms with Crippen LogP contribution >= 0.6 is 15.9 Å². The lowest BCUT2D eigenvalue weighted by molar-refractivity contribution is 0.0959. The van der Waals surface area contributed by atoms with Crippen LogP contribution in [0.3, 0.4) is 0 Å². The summed E-state index contributed by atoms with van der Waals surface area (Å²) in [6.07, 6.45) is 1.70. The molecule has 0 unspecified atom stereocenters. The van der Waals surface area contributed by atoms with E-state index in [9.17, 15) is 4.79 Å². The topological polar surface area (TPSA) is 59.8 Å². The van der Waals surface area contributed by atoms with Crippen LogP contribution in [0.25, 0.3) is 22.3 Å². The third-order valence-corrected chi connectivity index (χ3v) is 4.09. The van der Waals surface area contributed by atoms with E-state index in [4.69, 9.17) is 4.98 Å². The molecule has 3 aromatic rings. The van der Waals surface area contributed by atoms with Crippen LogP contribution in [-0.4, -0.2) is 27.2 Å². The first-order valence-corrected chi connectivity index (χ1v) is 8.82. The van der Waals surface area contributed by atoms with Crippen LogP contribution in [0.1, 0.15) is 30.2 Å². The average molecular weight is 399 g/mol. The Labute approximate surface area is 154 Å². The van der Waals surface area contributed by atoms with E-state index >= 15 is 0 Å². The van der Waals surface area contributed by atoms with Crippen molar-refractivity contribution >= 4 is 32.9 Å². The van der Waals surface area contributed by atoms with Gasteiger partial charge in [0.1, 0.15) is 0 Å². The van der Waals surface area contributed by atoms with E-state index in [0.29, 0.717) is 22.2 Å². The summed E-state index contributed by atoms with van der Waals surface area (Å²) in [4.78, 5) is 17.4. The van der Waals surface area contributed by atoms with Gasteiger partial charge in [-0.05, 0) is 19.9 Å². The van der Waals surface area contributed by atoms with Crippen molar-refractivity contribution in [3.63, 3.8) is 0 Å². The van der Waals surface area contributed by atoms with Crippen LogP contribution in [0.15, 0.2) is 53.7 Å². The lowest BCUT2D eigenvalue weighted by atomic mass is 10.1. The molecule has 0 aliphatic carbocycles. The maximum absolute atomic E-state index is 12.7. The first kappa shape index (κ1) is 17.4. The zero-order valence-electron chi connectivity index (χ0n) is 14.2. The molecular weight excluding hydrogens is 380 g/mol. The Morgan fingerprint density at radius 2 is 2.04 bits per heavy atom. The van der Waals surface area contributed by atoms with E-state index in [2.05, 4.69) is 32.9 Å². The molecule has 5 nitrogen and oxygen atoms in total. The van der Waals surface area contributed by atoms with Crippen molar-refractivity contribution in [1.82, 2.24) is 20.1 Å². The number of amides is 1. The molecule has 0 fully saturated rings. The highest BCUT2D eigenvalue weighted by molar-refractivity contribution is 9.11. The number of aromatic nitrogens is 3. The van der Waals surface area contributed by atoms with E-state index in [0.717, 1.165) is 16.6 Å². The summed E-state index contributed by atoms with van der Waals surface area (Å²) in [5.74, 6) is -0.173. The second-order valence-electron chi connectivity index (χ2n) is 6.04. The van der Waals surface area contributed by atoms with Gasteiger partial charge in [0.25, 0.3) is 5.91 Å². The summed E-state index contributed by atoms with van der Waals surface area (Å²) in [6, 6.07) is 11.8. The molecule has 6 heteroatoms. The predicted molar refractivity (Wildman–Crippen MR) is 104 cm³/mol. The van der Waals surface area contributed by atoms with Crippen molar-refractivity contribution in [1.29, 1.82) is 0 Å². The van der Waals surface area contributed by atoms with Gasteiger partial charge in [0, 0.05) is 22.6 Å². The second kappa shape index (κ2) is 7.19. The highest BCUT2D eigenvalue weighted by Gasteiger charge is 2.18. The van der Waals surface area contributed by atoms with E-state index < -0.39 is 0 Å². The number of benzene rings is 1. The number of hydrogen-bond acceptors (Lipinski definition) is 3. The zero-order chi connectivity index (χ0) is 18.0. The van der Waals surface area contributed by atoms with Crippen molar-refractivity contribution in [2.45, 2.75) is 19.9 Å². The van der Waals surface area contributed by atoms with E-state index in [1.807, 2.05) is 54.9 Å². The highest BCUT2D eigenvalue weighted by atomic mass is 79.9. The fourth-order valence-electron chi connectivity index (χ4n) is 2.61. The van der Waals surface area contributed by atoms with Gasteiger partial charge in [-0.15, -0.1) is 0 Å². The first-order chi connectivity index (χ1) is 12.0. The highest BCUT2D eigenvalue weighted by Crippen LogP contribution is 2.26. The number of pyridine rings is 1. The predicted octanol–water partition coefficient (Wildman–Crippen LogP) is 4.32. The van der Waals surface area contributed by atoms with E-state index in [1.165, 1.54) is 0 Å². The number of nitrogens with one attached hydrogen (secondary N) is 1. The van der Waals surface area contributed by atoms with Crippen molar-refractivity contribution < 1.29 is 4.79 Å². The lowest BCUT2D eigenvalue weighted by Crippen LogP contribution is -2.24. The monoisotopic (exact) mass is 398 g/mol.